The summed E-state index contributed by atoms with van der Waals surface area (Å²) in [5.74, 6) is -2.29. The molecule has 1 atom stereocenters. The molecule has 11 nitrogen and oxygen atoms in total. The Labute approximate surface area is 258 Å². The van der Waals surface area contributed by atoms with Gasteiger partial charge < -0.3 is 14.6 Å². The lowest BCUT2D eigenvalue weighted by molar-refractivity contribution is -0.166. The summed E-state index contributed by atoms with van der Waals surface area (Å²) in [5, 5.41) is 18.0. The second kappa shape index (κ2) is 10.8. The quantitative estimate of drug-likeness (QED) is 0.308. The van der Waals surface area contributed by atoms with Crippen LogP contribution >= 0.6 is 0 Å². The number of rotatable bonds is 7. The predicted molar refractivity (Wildman–Crippen MR) is 158 cm³/mol. The highest BCUT2D eigenvalue weighted by Gasteiger charge is 2.50. The lowest BCUT2D eigenvalue weighted by atomic mass is 9.70. The molecule has 3 aromatic heterocycles. The van der Waals surface area contributed by atoms with Crippen LogP contribution in [0.3, 0.4) is 0 Å². The van der Waals surface area contributed by atoms with E-state index in [1.165, 1.54) is 14.9 Å². The number of ether oxygens (including phenoxy) is 2. The average Bonchev–Trinajstić information content (AvgIpc) is 3.36. The van der Waals surface area contributed by atoms with Gasteiger partial charge in [0, 0.05) is 24.9 Å². The van der Waals surface area contributed by atoms with Crippen molar-refractivity contribution in [3.05, 3.63) is 81.9 Å². The SMILES string of the molecule is Cc1cnc2c(c1)S(=O)(=O)N(Cc1cc([C@@H](c3ccn4c(C(F)F)nnc4c3C)C(C)(C)C(=O)O)ccc1C)CC1(COC1)O2. The molecule has 5 heterocycles. The Morgan fingerprint density at radius 3 is 2.51 bits per heavy atom. The zero-order valence-corrected chi connectivity index (χ0v) is 26.2. The number of aliphatic carboxylic acids is 1. The normalized spacial score (nSPS) is 18.3. The zero-order chi connectivity index (χ0) is 32.5. The fourth-order valence-corrected chi connectivity index (χ4v) is 7.75. The third-order valence-corrected chi connectivity index (χ3v) is 10.6. The molecule has 4 aromatic rings. The van der Waals surface area contributed by atoms with Crippen molar-refractivity contribution in [1.82, 2.24) is 23.9 Å². The molecule has 1 aromatic carbocycles. The van der Waals surface area contributed by atoms with Crippen LogP contribution in [0.2, 0.25) is 0 Å². The fraction of sp³-hybridized carbons (Fsp3) is 0.419. The monoisotopic (exact) mass is 641 g/mol. The highest BCUT2D eigenvalue weighted by molar-refractivity contribution is 7.89. The van der Waals surface area contributed by atoms with E-state index >= 15 is 0 Å². The van der Waals surface area contributed by atoms with Crippen LogP contribution in [0.25, 0.3) is 5.65 Å². The van der Waals surface area contributed by atoms with E-state index in [0.717, 1.165) is 5.56 Å². The van der Waals surface area contributed by atoms with Crippen molar-refractivity contribution in [2.45, 2.75) is 64.0 Å². The number of halogens is 2. The minimum absolute atomic E-state index is 0.0132. The van der Waals surface area contributed by atoms with Crippen LogP contribution in [0, 0.1) is 26.2 Å². The van der Waals surface area contributed by atoms with Gasteiger partial charge in [-0.2, -0.15) is 4.31 Å². The molecule has 2 aliphatic heterocycles. The van der Waals surface area contributed by atoms with Gasteiger partial charge in [-0.05, 0) is 80.1 Å². The summed E-state index contributed by atoms with van der Waals surface area (Å²) in [6.07, 6.45) is 0.146. The smallest absolute Gasteiger partial charge is 0.310 e. The molecule has 1 N–H and O–H groups in total. The van der Waals surface area contributed by atoms with Gasteiger partial charge in [0.1, 0.15) is 4.90 Å². The molecular formula is C31H33F2N5O6S. The van der Waals surface area contributed by atoms with Crippen LogP contribution in [-0.4, -0.2) is 68.7 Å². The summed E-state index contributed by atoms with van der Waals surface area (Å²) in [7, 11) is -4.05. The fourth-order valence-electron chi connectivity index (χ4n) is 6.11. The van der Waals surface area contributed by atoms with Gasteiger partial charge in [-0.1, -0.05) is 18.2 Å². The number of carboxylic acid groups (broad SMARTS) is 1. The number of pyridine rings is 2. The summed E-state index contributed by atoms with van der Waals surface area (Å²) in [6, 6.07) is 8.63. The van der Waals surface area contributed by atoms with Crippen LogP contribution in [0.4, 0.5) is 8.78 Å². The number of nitrogens with zero attached hydrogens (tertiary/aromatic N) is 5. The van der Waals surface area contributed by atoms with E-state index in [1.807, 2.05) is 25.1 Å². The lowest BCUT2D eigenvalue weighted by Crippen LogP contribution is -2.60. The van der Waals surface area contributed by atoms with Gasteiger partial charge in [0.15, 0.2) is 11.2 Å². The molecule has 6 rings (SSSR count). The first-order valence-corrected chi connectivity index (χ1v) is 15.8. The Morgan fingerprint density at radius 1 is 1.13 bits per heavy atom. The highest BCUT2D eigenvalue weighted by Crippen LogP contribution is 2.44. The summed E-state index contributed by atoms with van der Waals surface area (Å²) >= 11 is 0. The molecular weight excluding hydrogens is 608 g/mol. The topological polar surface area (TPSA) is 136 Å². The molecule has 0 radical (unpaired) electrons. The summed E-state index contributed by atoms with van der Waals surface area (Å²) in [4.78, 5) is 16.9. The number of aromatic nitrogens is 4. The standard InChI is InChI=1S/C31H33F2N5O6S/c1-17-10-23-28(34-12-17)44-31(15-43-16-31)14-37(45(23,41)42)13-21-11-20(7-6-18(21)2)24(30(4,5)29(39)40)22-8-9-38-26(19(22)3)35-36-27(38)25(32)33/h6-12,24-25H,13-16H2,1-5H3,(H,39,40)/t24-/m0/s1. The van der Waals surface area contributed by atoms with Crippen molar-refractivity contribution in [3.8, 4) is 5.88 Å². The van der Waals surface area contributed by atoms with E-state index in [-0.39, 0.29) is 42.7 Å². The molecule has 0 amide bonds. The van der Waals surface area contributed by atoms with Crippen LogP contribution in [0.1, 0.15) is 65.4 Å². The largest absolute Gasteiger partial charge is 0.481 e. The molecule has 14 heteroatoms. The van der Waals surface area contributed by atoms with Crippen molar-refractivity contribution in [1.29, 1.82) is 0 Å². The van der Waals surface area contributed by atoms with E-state index in [9.17, 15) is 27.1 Å². The van der Waals surface area contributed by atoms with E-state index in [0.29, 0.717) is 27.8 Å². The number of alkyl halides is 2. The molecule has 1 spiro atoms. The van der Waals surface area contributed by atoms with Gasteiger partial charge in [0.25, 0.3) is 6.43 Å². The maximum Gasteiger partial charge on any atom is 0.310 e. The van der Waals surface area contributed by atoms with Gasteiger partial charge in [0.05, 0.1) is 25.2 Å². The summed E-state index contributed by atoms with van der Waals surface area (Å²) in [6.45, 7) is 8.95. The van der Waals surface area contributed by atoms with Crippen LogP contribution in [-0.2, 0) is 26.1 Å². The van der Waals surface area contributed by atoms with Crippen LogP contribution in [0.5, 0.6) is 5.88 Å². The number of carbonyl (C=O) groups is 1. The third kappa shape index (κ3) is 5.14. The third-order valence-electron chi connectivity index (χ3n) is 8.81. The Kier molecular flexibility index (Phi) is 7.45. The van der Waals surface area contributed by atoms with Crippen molar-refractivity contribution in [2.24, 2.45) is 5.41 Å². The zero-order valence-electron chi connectivity index (χ0n) is 25.4. The van der Waals surface area contributed by atoms with E-state index in [1.54, 1.807) is 46.0 Å². The van der Waals surface area contributed by atoms with Gasteiger partial charge >= 0.3 is 5.97 Å². The second-order valence-electron chi connectivity index (χ2n) is 12.5. The van der Waals surface area contributed by atoms with Gasteiger partial charge in [-0.3, -0.25) is 9.20 Å². The molecule has 45 heavy (non-hydrogen) atoms. The average molecular weight is 642 g/mol. The van der Waals surface area contributed by atoms with Crippen LogP contribution in [0.15, 0.2) is 47.6 Å². The second-order valence-corrected chi connectivity index (χ2v) is 14.4. The maximum absolute atomic E-state index is 14.0. The summed E-state index contributed by atoms with van der Waals surface area (Å²) < 4.78 is 69.3. The Morgan fingerprint density at radius 2 is 1.87 bits per heavy atom. The van der Waals surface area contributed by atoms with Gasteiger partial charge in [-0.25, -0.2) is 22.2 Å². The molecule has 0 bridgehead atoms. The first-order valence-electron chi connectivity index (χ1n) is 14.3. The Bertz CT molecular complexity index is 1940. The minimum Gasteiger partial charge on any atom is -0.481 e. The van der Waals surface area contributed by atoms with E-state index in [4.69, 9.17) is 9.47 Å². The number of carboxylic acids is 1. The molecule has 1 saturated heterocycles. The molecule has 0 aliphatic carbocycles. The summed E-state index contributed by atoms with van der Waals surface area (Å²) in [5.41, 5.74) is 1.80. The first kappa shape index (κ1) is 31.0. The van der Waals surface area contributed by atoms with Crippen molar-refractivity contribution >= 4 is 21.6 Å². The molecule has 0 unspecified atom stereocenters. The van der Waals surface area contributed by atoms with E-state index in [2.05, 4.69) is 15.2 Å². The lowest BCUT2D eigenvalue weighted by Gasteiger charge is -2.41. The number of fused-ring (bicyclic) bond motifs is 2. The van der Waals surface area contributed by atoms with Crippen LogP contribution < -0.4 is 4.74 Å². The highest BCUT2D eigenvalue weighted by atomic mass is 32.2. The number of hydrogen-bond donors (Lipinski definition) is 1. The predicted octanol–water partition coefficient (Wildman–Crippen LogP) is 4.58. The minimum atomic E-state index is -4.05. The van der Waals surface area contributed by atoms with Crippen molar-refractivity contribution < 1.29 is 36.6 Å². The molecule has 1 fully saturated rings. The number of aryl methyl sites for hydroxylation is 3. The number of sulfonamides is 1. The molecule has 0 saturated carbocycles. The van der Waals surface area contributed by atoms with E-state index < -0.39 is 45.2 Å². The van der Waals surface area contributed by atoms with Crippen molar-refractivity contribution in [3.63, 3.8) is 0 Å². The Hall–Kier alpha value is -4.01. The molecule has 238 valence electrons. The number of benzene rings is 1. The number of hydrogen-bond acceptors (Lipinski definition) is 8. The van der Waals surface area contributed by atoms with Crippen molar-refractivity contribution in [2.75, 3.05) is 19.8 Å². The molecule has 2 aliphatic rings. The maximum atomic E-state index is 14.0. The van der Waals surface area contributed by atoms with Gasteiger partial charge in [-0.15, -0.1) is 10.2 Å². The Balaban J connectivity index is 1.46. The van der Waals surface area contributed by atoms with Gasteiger partial charge in [0.2, 0.25) is 21.7 Å². The first-order chi connectivity index (χ1) is 21.1.